The van der Waals surface area contributed by atoms with Crippen LogP contribution in [-0.2, 0) is 0 Å². The Balaban J connectivity index is 0.000000165. The van der Waals surface area contributed by atoms with E-state index in [0.717, 1.165) is 10.6 Å². The lowest BCUT2D eigenvalue weighted by Crippen LogP contribution is -1.79. The number of ether oxygens (including phenoxy) is 1. The molecule has 0 unspecified atom stereocenters. The first-order chi connectivity index (χ1) is 6.83. The van der Waals surface area contributed by atoms with Crippen LogP contribution >= 0.6 is 24.0 Å². The Morgan fingerprint density at radius 2 is 1.64 bits per heavy atom. The molecule has 0 N–H and O–H groups in total. The second-order valence-electron chi connectivity index (χ2n) is 2.49. The smallest absolute Gasteiger partial charge is 0.118 e. The highest BCUT2D eigenvalue weighted by atomic mass is 32.1. The van der Waals surface area contributed by atoms with Gasteiger partial charge in [-0.05, 0) is 35.0 Å². The number of rotatable bonds is 1. The van der Waals surface area contributed by atoms with Crippen LogP contribution in [0.3, 0.4) is 0 Å². The Kier molecular flexibility index (Phi) is 5.19. The summed E-state index contributed by atoms with van der Waals surface area (Å²) in [5.74, 6) is 0.868. The lowest BCUT2D eigenvalue weighted by atomic mass is 10.3. The van der Waals surface area contributed by atoms with Gasteiger partial charge in [0, 0.05) is 4.90 Å². The Labute approximate surface area is 93.8 Å². The second kappa shape index (κ2) is 6.51. The number of hydrogen-bond donors (Lipinski definition) is 1. The molecule has 1 heterocycles. The molecule has 14 heavy (non-hydrogen) atoms. The average molecular weight is 224 g/mol. The Hall–Kier alpha value is -0.930. The van der Waals surface area contributed by atoms with Gasteiger partial charge >= 0.3 is 0 Å². The fourth-order valence-electron chi connectivity index (χ4n) is 0.809. The average Bonchev–Trinajstić information content (AvgIpc) is 2.77. The van der Waals surface area contributed by atoms with Crippen LogP contribution in [-0.4, -0.2) is 7.11 Å². The molecule has 0 aliphatic rings. The molecular formula is C11H12OS2. The van der Waals surface area contributed by atoms with Crippen LogP contribution in [0.4, 0.5) is 0 Å². The Bertz CT molecular complexity index is 309. The first kappa shape index (κ1) is 11.1. The second-order valence-corrected chi connectivity index (χ2v) is 3.82. The number of thiophene rings is 1. The Morgan fingerprint density at radius 1 is 1.07 bits per heavy atom. The topological polar surface area (TPSA) is 9.23 Å². The van der Waals surface area contributed by atoms with Crippen molar-refractivity contribution in [3.05, 3.63) is 47.2 Å². The van der Waals surface area contributed by atoms with Gasteiger partial charge in [0.2, 0.25) is 0 Å². The highest BCUT2D eigenvalue weighted by Gasteiger charge is 1.86. The van der Waals surface area contributed by atoms with Crippen molar-refractivity contribution in [3.8, 4) is 5.75 Å². The largest absolute Gasteiger partial charge is 0.497 e. The zero-order valence-electron chi connectivity index (χ0n) is 7.88. The number of hydrogen-bond acceptors (Lipinski definition) is 3. The van der Waals surface area contributed by atoms with Crippen LogP contribution in [0.2, 0.25) is 0 Å². The van der Waals surface area contributed by atoms with Gasteiger partial charge in [-0.1, -0.05) is 12.1 Å². The van der Waals surface area contributed by atoms with Crippen LogP contribution in [0.25, 0.3) is 0 Å². The van der Waals surface area contributed by atoms with Gasteiger partial charge in [0.25, 0.3) is 0 Å². The molecule has 0 saturated carbocycles. The molecule has 74 valence electrons. The maximum Gasteiger partial charge on any atom is 0.118 e. The van der Waals surface area contributed by atoms with Crippen molar-refractivity contribution in [3.63, 3.8) is 0 Å². The molecule has 0 saturated heterocycles. The summed E-state index contributed by atoms with van der Waals surface area (Å²) in [6, 6.07) is 11.6. The molecule has 2 aromatic rings. The Morgan fingerprint density at radius 3 is 2.00 bits per heavy atom. The third-order valence-corrected chi connectivity index (χ3v) is 2.42. The van der Waals surface area contributed by atoms with E-state index in [9.17, 15) is 0 Å². The van der Waals surface area contributed by atoms with Gasteiger partial charge in [0.15, 0.2) is 0 Å². The molecule has 0 atom stereocenters. The van der Waals surface area contributed by atoms with Crippen molar-refractivity contribution in [2.75, 3.05) is 7.11 Å². The van der Waals surface area contributed by atoms with Gasteiger partial charge in [0.1, 0.15) is 5.75 Å². The molecule has 1 aromatic carbocycles. The number of benzene rings is 1. The third-order valence-electron chi connectivity index (χ3n) is 1.50. The highest BCUT2D eigenvalue weighted by molar-refractivity contribution is 7.80. The van der Waals surface area contributed by atoms with Crippen LogP contribution in [0.15, 0.2) is 52.1 Å². The van der Waals surface area contributed by atoms with Crippen molar-refractivity contribution >= 4 is 24.0 Å². The summed E-state index contributed by atoms with van der Waals surface area (Å²) in [7, 11) is 1.65. The van der Waals surface area contributed by atoms with Gasteiger partial charge in [-0.3, -0.25) is 0 Å². The molecule has 0 spiro atoms. The summed E-state index contributed by atoms with van der Waals surface area (Å²) < 4.78 is 4.94. The molecule has 0 aliphatic heterocycles. The molecule has 0 amide bonds. The van der Waals surface area contributed by atoms with Crippen LogP contribution < -0.4 is 4.74 Å². The van der Waals surface area contributed by atoms with E-state index in [1.54, 1.807) is 18.4 Å². The first-order valence-electron chi connectivity index (χ1n) is 4.13. The minimum atomic E-state index is 0.868. The first-order valence-corrected chi connectivity index (χ1v) is 5.52. The number of thiol groups is 1. The van der Waals surface area contributed by atoms with Gasteiger partial charge in [-0.15, -0.1) is 12.6 Å². The molecule has 1 aromatic heterocycles. The van der Waals surface area contributed by atoms with Crippen LogP contribution in [0, 0.1) is 0 Å². The van der Waals surface area contributed by atoms with Crippen molar-refractivity contribution < 1.29 is 4.74 Å². The van der Waals surface area contributed by atoms with Gasteiger partial charge in [-0.25, -0.2) is 0 Å². The molecule has 0 fully saturated rings. The van der Waals surface area contributed by atoms with E-state index in [1.807, 2.05) is 47.2 Å². The molecule has 2 rings (SSSR count). The van der Waals surface area contributed by atoms with Gasteiger partial charge in [0.05, 0.1) is 7.11 Å². The molecule has 1 nitrogen and oxygen atoms in total. The summed E-state index contributed by atoms with van der Waals surface area (Å²) >= 11 is 5.83. The fraction of sp³-hybridized carbons (Fsp3) is 0.0909. The highest BCUT2D eigenvalue weighted by Crippen LogP contribution is 2.12. The van der Waals surface area contributed by atoms with Gasteiger partial charge < -0.3 is 4.74 Å². The maximum atomic E-state index is 4.94. The molecule has 3 heteroatoms. The fourth-order valence-corrected chi connectivity index (χ4v) is 1.41. The molecular weight excluding hydrogens is 212 g/mol. The van der Waals surface area contributed by atoms with Crippen LogP contribution in [0.1, 0.15) is 0 Å². The predicted octanol–water partition coefficient (Wildman–Crippen LogP) is 3.73. The van der Waals surface area contributed by atoms with Crippen molar-refractivity contribution in [1.29, 1.82) is 0 Å². The van der Waals surface area contributed by atoms with Crippen LogP contribution in [0.5, 0.6) is 5.75 Å². The van der Waals surface area contributed by atoms with Gasteiger partial charge in [-0.2, -0.15) is 11.3 Å². The zero-order valence-corrected chi connectivity index (χ0v) is 9.59. The van der Waals surface area contributed by atoms with E-state index in [2.05, 4.69) is 12.6 Å². The molecule has 0 aliphatic carbocycles. The predicted molar refractivity (Wildman–Crippen MR) is 64.6 cm³/mol. The SMILES string of the molecule is COc1ccc(S)cc1.c1ccsc1. The van der Waals surface area contributed by atoms with E-state index in [-0.39, 0.29) is 0 Å². The summed E-state index contributed by atoms with van der Waals surface area (Å²) in [6.07, 6.45) is 0. The van der Waals surface area contributed by atoms with E-state index >= 15 is 0 Å². The monoisotopic (exact) mass is 224 g/mol. The van der Waals surface area contributed by atoms with Crippen molar-refractivity contribution in [2.24, 2.45) is 0 Å². The van der Waals surface area contributed by atoms with E-state index in [4.69, 9.17) is 4.74 Å². The molecule has 0 bridgehead atoms. The van der Waals surface area contributed by atoms with E-state index in [1.165, 1.54) is 0 Å². The minimum Gasteiger partial charge on any atom is -0.497 e. The summed E-state index contributed by atoms with van der Waals surface area (Å²) in [6.45, 7) is 0. The lowest BCUT2D eigenvalue weighted by Gasteiger charge is -1.96. The summed E-state index contributed by atoms with van der Waals surface area (Å²) in [5, 5.41) is 4.08. The van der Waals surface area contributed by atoms with E-state index in [0.29, 0.717) is 0 Å². The third kappa shape index (κ3) is 4.35. The summed E-state index contributed by atoms with van der Waals surface area (Å²) in [5.41, 5.74) is 0. The van der Waals surface area contributed by atoms with Crippen molar-refractivity contribution in [2.45, 2.75) is 4.90 Å². The number of methoxy groups -OCH3 is 1. The quantitative estimate of drug-likeness (QED) is 0.726. The van der Waals surface area contributed by atoms with Crippen molar-refractivity contribution in [1.82, 2.24) is 0 Å². The molecule has 0 radical (unpaired) electrons. The zero-order chi connectivity index (χ0) is 10.2. The summed E-state index contributed by atoms with van der Waals surface area (Å²) in [4.78, 5) is 0.954. The maximum absolute atomic E-state index is 4.94. The lowest BCUT2D eigenvalue weighted by molar-refractivity contribution is 0.414. The van der Waals surface area contributed by atoms with E-state index < -0.39 is 0 Å². The minimum absolute atomic E-state index is 0.868. The standard InChI is InChI=1S/C7H8OS.C4H4S/c1-8-6-2-4-7(9)5-3-6;1-2-4-5-3-1/h2-5,9H,1H3;1-4H. The normalized spacial score (nSPS) is 8.71.